The van der Waals surface area contributed by atoms with Crippen LogP contribution >= 0.6 is 0 Å². The van der Waals surface area contributed by atoms with Gasteiger partial charge in [0.15, 0.2) is 11.5 Å². The average Bonchev–Trinajstić information content (AvgIpc) is 2.99. The third-order valence-corrected chi connectivity index (χ3v) is 6.97. The van der Waals surface area contributed by atoms with Gasteiger partial charge in [0.05, 0.1) is 13.7 Å². The van der Waals surface area contributed by atoms with Crippen LogP contribution in [-0.4, -0.2) is 42.7 Å². The number of benzene rings is 4. The molecule has 0 radical (unpaired) electrons. The van der Waals surface area contributed by atoms with E-state index in [2.05, 4.69) is 53.4 Å². The van der Waals surface area contributed by atoms with Gasteiger partial charge in [0.25, 0.3) is 0 Å². The summed E-state index contributed by atoms with van der Waals surface area (Å²) >= 11 is 0. The smallest absolute Gasteiger partial charge is 0.217 e. The van der Waals surface area contributed by atoms with Crippen LogP contribution in [0.1, 0.15) is 41.0 Å². The molecule has 0 aromatic heterocycles. The molecule has 0 heterocycles. The van der Waals surface area contributed by atoms with E-state index in [4.69, 9.17) is 15.2 Å². The van der Waals surface area contributed by atoms with E-state index in [0.29, 0.717) is 31.7 Å². The Hall–Kier alpha value is -4.29. The lowest BCUT2D eigenvalue weighted by molar-refractivity contribution is -0.117. The summed E-state index contributed by atoms with van der Waals surface area (Å²) in [6, 6.07) is 34.6. The standard InChI is InChI=1S/C34H38N2O4/c1-39-33-23-27(15-19-32(33)37)24-36(21-8-22-40-30-17-13-26(14-18-30)16-20-34(35)38)25-31(28-9-4-2-5-10-28)29-11-6-3-7-12-29/h2-7,9-15,17-19,23,31,37H,8,16,20-22,24-25H2,1H3,(H2,35,38). The van der Waals surface area contributed by atoms with E-state index in [-0.39, 0.29) is 17.6 Å². The highest BCUT2D eigenvalue weighted by atomic mass is 16.5. The van der Waals surface area contributed by atoms with Crippen molar-refractivity contribution in [1.82, 2.24) is 4.90 Å². The predicted molar refractivity (Wildman–Crippen MR) is 159 cm³/mol. The molecule has 3 N–H and O–H groups in total. The quantitative estimate of drug-likeness (QED) is 0.184. The van der Waals surface area contributed by atoms with Crippen molar-refractivity contribution in [3.63, 3.8) is 0 Å². The number of carbonyl (C=O) groups excluding carboxylic acids is 1. The van der Waals surface area contributed by atoms with Crippen molar-refractivity contribution in [1.29, 1.82) is 0 Å². The number of rotatable bonds is 15. The average molecular weight is 539 g/mol. The number of hydrogen-bond acceptors (Lipinski definition) is 5. The molecule has 208 valence electrons. The van der Waals surface area contributed by atoms with Crippen molar-refractivity contribution >= 4 is 5.91 Å². The molecule has 4 rings (SSSR count). The van der Waals surface area contributed by atoms with Gasteiger partial charge in [0, 0.05) is 32.0 Å². The van der Waals surface area contributed by atoms with Gasteiger partial charge in [-0.15, -0.1) is 0 Å². The first-order chi connectivity index (χ1) is 19.5. The van der Waals surface area contributed by atoms with Gasteiger partial charge in [0.2, 0.25) is 5.91 Å². The number of methoxy groups -OCH3 is 1. The molecule has 0 saturated heterocycles. The first-order valence-electron chi connectivity index (χ1n) is 13.7. The Kier molecular flexibility index (Phi) is 10.6. The highest BCUT2D eigenvalue weighted by Gasteiger charge is 2.19. The molecule has 6 nitrogen and oxygen atoms in total. The lowest BCUT2D eigenvalue weighted by atomic mass is 9.90. The number of hydrogen-bond donors (Lipinski definition) is 2. The van der Waals surface area contributed by atoms with Gasteiger partial charge >= 0.3 is 0 Å². The van der Waals surface area contributed by atoms with Gasteiger partial charge in [-0.2, -0.15) is 0 Å². The van der Waals surface area contributed by atoms with Crippen molar-refractivity contribution in [2.75, 3.05) is 26.8 Å². The number of amides is 1. The number of aromatic hydroxyl groups is 1. The summed E-state index contributed by atoms with van der Waals surface area (Å²) in [5.74, 6) is 1.33. The summed E-state index contributed by atoms with van der Waals surface area (Å²) in [6.07, 6.45) is 1.82. The minimum Gasteiger partial charge on any atom is -0.504 e. The molecule has 0 atom stereocenters. The highest BCUT2D eigenvalue weighted by Crippen LogP contribution is 2.29. The number of phenolic OH excluding ortho intramolecular Hbond substituents is 1. The zero-order valence-corrected chi connectivity index (χ0v) is 23.0. The Morgan fingerprint density at radius 3 is 2.10 bits per heavy atom. The second kappa shape index (κ2) is 14.8. The SMILES string of the molecule is COc1cc(CN(CCCOc2ccc(CCC(N)=O)cc2)CC(c2ccccc2)c2ccccc2)ccc1O. The molecule has 0 bridgehead atoms. The van der Waals surface area contributed by atoms with Crippen molar-refractivity contribution in [3.8, 4) is 17.2 Å². The number of primary amides is 1. The Bertz CT molecular complexity index is 1290. The molecule has 1 amide bonds. The van der Waals surface area contributed by atoms with Crippen molar-refractivity contribution in [3.05, 3.63) is 125 Å². The maximum atomic E-state index is 11.0. The fourth-order valence-corrected chi connectivity index (χ4v) is 4.84. The fraction of sp³-hybridized carbons (Fsp3) is 0.265. The number of aryl methyl sites for hydroxylation is 1. The minimum absolute atomic E-state index is 0.137. The number of nitrogens with zero attached hydrogens (tertiary/aromatic N) is 1. The second-order valence-corrected chi connectivity index (χ2v) is 9.93. The molecule has 0 aliphatic heterocycles. The van der Waals surface area contributed by atoms with Crippen LogP contribution in [-0.2, 0) is 17.8 Å². The molecule has 6 heteroatoms. The van der Waals surface area contributed by atoms with Gasteiger partial charge in [-0.05, 0) is 59.4 Å². The van der Waals surface area contributed by atoms with Gasteiger partial charge in [-0.3, -0.25) is 9.69 Å². The Morgan fingerprint density at radius 2 is 1.50 bits per heavy atom. The van der Waals surface area contributed by atoms with Crippen LogP contribution in [0.15, 0.2) is 103 Å². The summed E-state index contributed by atoms with van der Waals surface area (Å²) in [4.78, 5) is 13.5. The molecule has 0 aliphatic carbocycles. The van der Waals surface area contributed by atoms with Crippen LogP contribution in [0.2, 0.25) is 0 Å². The van der Waals surface area contributed by atoms with Gasteiger partial charge < -0.3 is 20.3 Å². The minimum atomic E-state index is -0.294. The summed E-state index contributed by atoms with van der Waals surface area (Å²) in [6.45, 7) is 2.95. The zero-order valence-electron chi connectivity index (χ0n) is 23.0. The monoisotopic (exact) mass is 538 g/mol. The van der Waals surface area contributed by atoms with E-state index in [9.17, 15) is 9.90 Å². The molecule has 0 spiro atoms. The lowest BCUT2D eigenvalue weighted by Gasteiger charge is -2.29. The molecule has 4 aromatic carbocycles. The van der Waals surface area contributed by atoms with Crippen LogP contribution in [0.25, 0.3) is 0 Å². The zero-order chi connectivity index (χ0) is 28.2. The largest absolute Gasteiger partial charge is 0.504 e. The molecule has 0 unspecified atom stereocenters. The Labute approximate surface area is 237 Å². The molecular formula is C34H38N2O4. The lowest BCUT2D eigenvalue weighted by Crippen LogP contribution is -2.30. The van der Waals surface area contributed by atoms with Crippen LogP contribution in [0.5, 0.6) is 17.2 Å². The summed E-state index contributed by atoms with van der Waals surface area (Å²) in [5.41, 5.74) is 9.94. The van der Waals surface area contributed by atoms with Crippen LogP contribution in [0.4, 0.5) is 0 Å². The second-order valence-electron chi connectivity index (χ2n) is 9.93. The third kappa shape index (κ3) is 8.61. The van der Waals surface area contributed by atoms with Gasteiger partial charge in [-0.25, -0.2) is 0 Å². The number of ether oxygens (including phenoxy) is 2. The van der Waals surface area contributed by atoms with E-state index in [1.54, 1.807) is 13.2 Å². The van der Waals surface area contributed by atoms with E-state index in [1.807, 2.05) is 48.5 Å². The topological polar surface area (TPSA) is 85.0 Å². The van der Waals surface area contributed by atoms with Crippen molar-refractivity contribution in [2.24, 2.45) is 5.73 Å². The fourth-order valence-electron chi connectivity index (χ4n) is 4.84. The van der Waals surface area contributed by atoms with Crippen molar-refractivity contribution in [2.45, 2.75) is 31.7 Å². The Morgan fingerprint density at radius 1 is 0.875 bits per heavy atom. The predicted octanol–water partition coefficient (Wildman–Crippen LogP) is 5.92. The first kappa shape index (κ1) is 28.7. The van der Waals surface area contributed by atoms with Gasteiger partial charge in [0.1, 0.15) is 5.75 Å². The normalized spacial score (nSPS) is 11.1. The van der Waals surface area contributed by atoms with Crippen LogP contribution < -0.4 is 15.2 Å². The van der Waals surface area contributed by atoms with Crippen LogP contribution in [0, 0.1) is 0 Å². The first-order valence-corrected chi connectivity index (χ1v) is 13.7. The van der Waals surface area contributed by atoms with E-state index in [1.165, 1.54) is 11.1 Å². The summed E-state index contributed by atoms with van der Waals surface area (Å²) < 4.78 is 11.4. The molecule has 0 fully saturated rings. The number of phenols is 1. The summed E-state index contributed by atoms with van der Waals surface area (Å²) in [7, 11) is 1.57. The van der Waals surface area contributed by atoms with Crippen LogP contribution in [0.3, 0.4) is 0 Å². The number of carbonyl (C=O) groups is 1. The van der Waals surface area contributed by atoms with Gasteiger partial charge in [-0.1, -0.05) is 78.9 Å². The Balaban J connectivity index is 1.45. The molecule has 40 heavy (non-hydrogen) atoms. The number of nitrogens with two attached hydrogens (primary N) is 1. The summed E-state index contributed by atoms with van der Waals surface area (Å²) in [5, 5.41) is 10.1. The van der Waals surface area contributed by atoms with E-state index < -0.39 is 0 Å². The molecule has 0 saturated carbocycles. The third-order valence-electron chi connectivity index (χ3n) is 6.97. The highest BCUT2D eigenvalue weighted by molar-refractivity contribution is 5.74. The molecule has 0 aliphatic rings. The maximum absolute atomic E-state index is 11.0. The van der Waals surface area contributed by atoms with E-state index in [0.717, 1.165) is 36.4 Å². The molecule has 4 aromatic rings. The molecular weight excluding hydrogens is 500 g/mol. The van der Waals surface area contributed by atoms with E-state index >= 15 is 0 Å². The van der Waals surface area contributed by atoms with Crippen molar-refractivity contribution < 1.29 is 19.4 Å². The maximum Gasteiger partial charge on any atom is 0.217 e.